The summed E-state index contributed by atoms with van der Waals surface area (Å²) in [7, 11) is -8.70. The van der Waals surface area contributed by atoms with Gasteiger partial charge in [0, 0.05) is 86.8 Å². The molecule has 52 heavy (non-hydrogen) atoms. The van der Waals surface area contributed by atoms with Gasteiger partial charge < -0.3 is 25.3 Å². The lowest BCUT2D eigenvalue weighted by Gasteiger charge is -2.29. The third-order valence-corrected chi connectivity index (χ3v) is 13.8. The Morgan fingerprint density at radius 2 is 1.58 bits per heavy atom. The quantitative estimate of drug-likeness (QED) is 0.218. The van der Waals surface area contributed by atoms with E-state index in [0.29, 0.717) is 36.6 Å². The van der Waals surface area contributed by atoms with Gasteiger partial charge in [-0.2, -0.15) is 13.2 Å². The standard InChI is InChI=1S/C35H43F3N6O5S3/c1-42-20-26-22-44(23-27(26)21-42)29-9-7-25(8-10-29)34(45)41-52(48,49)31-11-12-32(33(19-31)51(46,47)35(36,37)38)40-28(13-16-43-17-14-39-15-18-43)24-50-30-5-3-2-4-6-30/h2-12,19,26-28,39-40H,13-18,20-24H2,1H3,(H,41,45)/t26?,27?,28-/m1/s1. The largest absolute Gasteiger partial charge is 0.501 e. The zero-order chi connectivity index (χ0) is 37.1. The molecule has 3 N–H and O–H groups in total. The molecule has 3 heterocycles. The van der Waals surface area contributed by atoms with Crippen molar-refractivity contribution in [1.82, 2.24) is 19.8 Å². The first-order valence-electron chi connectivity index (χ1n) is 17.1. The highest BCUT2D eigenvalue weighted by Gasteiger charge is 2.48. The fraction of sp³-hybridized carbons (Fsp3) is 0.457. The average Bonchev–Trinajstić information content (AvgIpc) is 3.67. The second kappa shape index (κ2) is 15.9. The summed E-state index contributed by atoms with van der Waals surface area (Å²) >= 11 is 1.46. The van der Waals surface area contributed by atoms with Gasteiger partial charge in [-0.15, -0.1) is 11.8 Å². The van der Waals surface area contributed by atoms with Gasteiger partial charge in [-0.3, -0.25) is 4.79 Å². The van der Waals surface area contributed by atoms with Crippen LogP contribution in [0.25, 0.3) is 0 Å². The Labute approximate surface area is 307 Å². The Hall–Kier alpha value is -3.35. The lowest BCUT2D eigenvalue weighted by Crippen LogP contribution is -2.44. The molecule has 6 rings (SSSR count). The Kier molecular flexibility index (Phi) is 11.8. The van der Waals surface area contributed by atoms with Crippen molar-refractivity contribution >= 4 is 48.9 Å². The molecule has 0 saturated carbocycles. The first kappa shape index (κ1) is 38.4. The molecule has 3 atom stereocenters. The predicted molar refractivity (Wildman–Crippen MR) is 196 cm³/mol. The van der Waals surface area contributed by atoms with Crippen LogP contribution in [0.4, 0.5) is 24.5 Å². The maximum atomic E-state index is 14.0. The number of carbonyl (C=O) groups excluding carboxylic acids is 1. The molecule has 0 aromatic heterocycles. The van der Waals surface area contributed by atoms with Crippen molar-refractivity contribution in [3.8, 4) is 0 Å². The van der Waals surface area contributed by atoms with Crippen LogP contribution in [0.5, 0.6) is 0 Å². The SMILES string of the molecule is CN1CC2CN(c3ccc(C(=O)NS(=O)(=O)c4ccc(N[C@H](CCN5CCNCC5)CSc5ccccc5)c(S(=O)(=O)C(F)(F)F)c4)cc3)CC2C1. The summed E-state index contributed by atoms with van der Waals surface area (Å²) in [6, 6.07) is 17.8. The van der Waals surface area contributed by atoms with Gasteiger partial charge >= 0.3 is 5.51 Å². The van der Waals surface area contributed by atoms with E-state index in [2.05, 4.69) is 32.4 Å². The van der Waals surface area contributed by atoms with E-state index in [-0.39, 0.29) is 11.3 Å². The zero-order valence-electron chi connectivity index (χ0n) is 28.7. The van der Waals surface area contributed by atoms with Crippen LogP contribution >= 0.6 is 11.8 Å². The maximum absolute atomic E-state index is 14.0. The van der Waals surface area contributed by atoms with E-state index in [1.165, 1.54) is 23.9 Å². The fourth-order valence-electron chi connectivity index (χ4n) is 7.04. The number of carbonyl (C=O) groups is 1. The van der Waals surface area contributed by atoms with Crippen LogP contribution in [0.2, 0.25) is 0 Å². The van der Waals surface area contributed by atoms with Crippen molar-refractivity contribution in [2.75, 3.05) is 81.9 Å². The number of halogens is 3. The third-order valence-electron chi connectivity index (χ3n) is 9.81. The third kappa shape index (κ3) is 9.05. The van der Waals surface area contributed by atoms with E-state index in [1.807, 2.05) is 35.1 Å². The second-order valence-corrected chi connectivity index (χ2v) is 18.3. The Balaban J connectivity index is 1.20. The Morgan fingerprint density at radius 3 is 2.21 bits per heavy atom. The van der Waals surface area contributed by atoms with Crippen LogP contribution in [-0.2, 0) is 19.9 Å². The molecule has 2 unspecified atom stereocenters. The van der Waals surface area contributed by atoms with Crippen LogP contribution in [0, 0.1) is 11.8 Å². The minimum atomic E-state index is -6.01. The summed E-state index contributed by atoms with van der Waals surface area (Å²) in [5.74, 6) is 0.511. The number of nitrogens with zero attached hydrogens (tertiary/aromatic N) is 3. The van der Waals surface area contributed by atoms with E-state index >= 15 is 0 Å². The molecule has 0 radical (unpaired) electrons. The lowest BCUT2D eigenvalue weighted by molar-refractivity contribution is -0.0435. The number of hydrogen-bond acceptors (Lipinski definition) is 11. The molecule has 3 aromatic carbocycles. The molecule has 17 heteroatoms. The average molecular weight is 781 g/mol. The second-order valence-electron chi connectivity index (χ2n) is 13.6. The highest BCUT2D eigenvalue weighted by Crippen LogP contribution is 2.37. The van der Waals surface area contributed by atoms with Crippen molar-refractivity contribution < 1.29 is 34.8 Å². The molecular weight excluding hydrogens is 738 g/mol. The van der Waals surface area contributed by atoms with Gasteiger partial charge in [-0.25, -0.2) is 21.6 Å². The number of hydrogen-bond donors (Lipinski definition) is 3. The number of thioether (sulfide) groups is 1. The van der Waals surface area contributed by atoms with E-state index in [4.69, 9.17) is 0 Å². The fourth-order valence-corrected chi connectivity index (χ4v) is 10.1. The summed E-state index contributed by atoms with van der Waals surface area (Å²) in [5.41, 5.74) is -5.17. The smallest absolute Gasteiger partial charge is 0.380 e. The highest BCUT2D eigenvalue weighted by atomic mass is 32.2. The van der Waals surface area contributed by atoms with E-state index in [1.54, 1.807) is 12.1 Å². The van der Waals surface area contributed by atoms with Gasteiger partial charge in [-0.1, -0.05) is 18.2 Å². The van der Waals surface area contributed by atoms with Crippen LogP contribution in [0.3, 0.4) is 0 Å². The summed E-state index contributed by atoms with van der Waals surface area (Å²) in [6.07, 6.45) is 0.483. The molecule has 3 saturated heterocycles. The molecular formula is C35H43F3N6O5S3. The maximum Gasteiger partial charge on any atom is 0.501 e. The minimum absolute atomic E-state index is 0.0242. The zero-order valence-corrected chi connectivity index (χ0v) is 31.1. The highest BCUT2D eigenvalue weighted by molar-refractivity contribution is 7.99. The van der Waals surface area contributed by atoms with Crippen LogP contribution < -0.4 is 20.3 Å². The number of alkyl halides is 3. The number of rotatable bonds is 13. The molecule has 11 nitrogen and oxygen atoms in total. The number of anilines is 2. The van der Waals surface area contributed by atoms with Gasteiger partial charge in [0.15, 0.2) is 0 Å². The summed E-state index contributed by atoms with van der Waals surface area (Å²) in [5, 5.41) is 6.27. The number of sulfone groups is 1. The molecule has 0 aliphatic carbocycles. The van der Waals surface area contributed by atoms with E-state index in [0.717, 1.165) is 75.1 Å². The minimum Gasteiger partial charge on any atom is -0.380 e. The van der Waals surface area contributed by atoms with Gasteiger partial charge in [0.25, 0.3) is 25.8 Å². The summed E-state index contributed by atoms with van der Waals surface area (Å²) in [6.45, 7) is 7.63. The molecule has 3 fully saturated rings. The number of nitrogens with one attached hydrogen (secondary N) is 3. The van der Waals surface area contributed by atoms with Crippen LogP contribution in [0.1, 0.15) is 16.8 Å². The Morgan fingerprint density at radius 1 is 0.923 bits per heavy atom. The van der Waals surface area contributed by atoms with Gasteiger partial charge in [-0.05, 0) is 79.9 Å². The predicted octanol–water partition coefficient (Wildman–Crippen LogP) is 3.96. The van der Waals surface area contributed by atoms with Crippen molar-refractivity contribution in [2.45, 2.75) is 32.7 Å². The summed E-state index contributed by atoms with van der Waals surface area (Å²) in [4.78, 5) is 18.7. The number of benzene rings is 3. The molecule has 282 valence electrons. The molecule has 3 aliphatic rings. The molecule has 0 bridgehead atoms. The number of likely N-dealkylation sites (tertiary alicyclic amines) is 1. The van der Waals surface area contributed by atoms with Crippen LogP contribution in [0.15, 0.2) is 87.5 Å². The molecule has 0 spiro atoms. The molecule has 3 aromatic rings. The normalized spacial score (nSPS) is 20.8. The first-order chi connectivity index (χ1) is 24.7. The number of amides is 1. The van der Waals surface area contributed by atoms with Crippen molar-refractivity contribution in [1.29, 1.82) is 0 Å². The van der Waals surface area contributed by atoms with Crippen molar-refractivity contribution in [2.24, 2.45) is 11.8 Å². The monoisotopic (exact) mass is 780 g/mol. The molecule has 1 amide bonds. The van der Waals surface area contributed by atoms with Gasteiger partial charge in [0.05, 0.1) is 10.6 Å². The van der Waals surface area contributed by atoms with Crippen molar-refractivity contribution in [3.05, 3.63) is 78.4 Å². The lowest BCUT2D eigenvalue weighted by atomic mass is 10.0. The van der Waals surface area contributed by atoms with E-state index < -0.39 is 47.1 Å². The van der Waals surface area contributed by atoms with Gasteiger partial charge in [0.2, 0.25) is 0 Å². The first-order valence-corrected chi connectivity index (χ1v) is 21.1. The Bertz CT molecular complexity index is 1920. The van der Waals surface area contributed by atoms with Crippen LogP contribution in [-0.4, -0.2) is 116 Å². The molecule has 3 aliphatic heterocycles. The van der Waals surface area contributed by atoms with Crippen molar-refractivity contribution in [3.63, 3.8) is 0 Å². The number of piperazine rings is 1. The number of fused-ring (bicyclic) bond motifs is 1. The van der Waals surface area contributed by atoms with E-state index in [9.17, 15) is 34.8 Å². The topological polar surface area (TPSA) is 131 Å². The van der Waals surface area contributed by atoms with Gasteiger partial charge in [0.1, 0.15) is 4.90 Å². The summed E-state index contributed by atoms with van der Waals surface area (Å²) < 4.78 is 96.5. The number of sulfonamides is 1.